The molecule has 1 aliphatic carbocycles. The largest absolute Gasteiger partial charge is 0.498 e. The average molecular weight is 432 g/mol. The quantitative estimate of drug-likeness (QED) is 0.609. The van der Waals surface area contributed by atoms with Crippen LogP contribution in [0.5, 0.6) is 0 Å². The van der Waals surface area contributed by atoms with Crippen LogP contribution in [0, 0.1) is 0 Å². The van der Waals surface area contributed by atoms with Gasteiger partial charge in [-0.15, -0.1) is 0 Å². The van der Waals surface area contributed by atoms with Gasteiger partial charge in [-0.3, -0.25) is 4.79 Å². The van der Waals surface area contributed by atoms with E-state index in [1.165, 1.54) is 0 Å². The van der Waals surface area contributed by atoms with Crippen molar-refractivity contribution in [3.05, 3.63) is 12.4 Å². The molecule has 2 atom stereocenters. The number of nitrogens with zero attached hydrogens (tertiary/aromatic N) is 4. The number of likely N-dealkylation sites (tertiary alicyclic amines) is 1. The highest BCUT2D eigenvalue weighted by Crippen LogP contribution is 2.37. The van der Waals surface area contributed by atoms with E-state index >= 15 is 0 Å². The molecule has 4 rings (SSSR count). The predicted octanol–water partition coefficient (Wildman–Crippen LogP) is 0.0888. The van der Waals surface area contributed by atoms with Crippen LogP contribution in [0.25, 0.3) is 0 Å². The van der Waals surface area contributed by atoms with Crippen molar-refractivity contribution < 1.29 is 24.3 Å². The van der Waals surface area contributed by atoms with E-state index in [2.05, 4.69) is 14.9 Å². The van der Waals surface area contributed by atoms with Gasteiger partial charge < -0.3 is 29.3 Å². The van der Waals surface area contributed by atoms with Crippen molar-refractivity contribution in [1.82, 2.24) is 14.9 Å². The molecule has 31 heavy (non-hydrogen) atoms. The van der Waals surface area contributed by atoms with Crippen LogP contribution >= 0.6 is 0 Å². The number of carbonyl (C=O) groups excluding carboxylic acids is 1. The van der Waals surface area contributed by atoms with Crippen LogP contribution in [-0.4, -0.2) is 87.2 Å². The Hall–Kier alpha value is -1.75. The molecule has 3 aliphatic rings. The van der Waals surface area contributed by atoms with Crippen LogP contribution < -0.4 is 10.4 Å². The highest BCUT2D eigenvalue weighted by Gasteiger charge is 2.52. The second-order valence-electron chi connectivity index (χ2n) is 9.82. The standard InChI is InChI=1S/C21H33BN4O5/c1-20(2)21(3,4)31-22(30-20)14-10-23-19(24-11-14)26(15-7-8-15)16-6-5-9-25(12-16)18(29)17(28)13-27/h10-11,15-17,27-28H,5-9,12-13H2,1-4H3/t16-,17-/m1/s1. The number of rotatable bonds is 6. The minimum absolute atomic E-state index is 0.0822. The second kappa shape index (κ2) is 8.31. The molecule has 170 valence electrons. The molecule has 2 aliphatic heterocycles. The number of anilines is 1. The number of hydrogen-bond donors (Lipinski definition) is 2. The fraction of sp³-hybridized carbons (Fsp3) is 0.762. The maximum Gasteiger partial charge on any atom is 0.498 e. The summed E-state index contributed by atoms with van der Waals surface area (Å²) in [5.74, 6) is 0.227. The van der Waals surface area contributed by atoms with Gasteiger partial charge in [-0.1, -0.05) is 0 Å². The van der Waals surface area contributed by atoms with Crippen molar-refractivity contribution >= 4 is 24.4 Å². The van der Waals surface area contributed by atoms with Crippen molar-refractivity contribution in [1.29, 1.82) is 0 Å². The molecule has 2 saturated heterocycles. The molecule has 2 N–H and O–H groups in total. The summed E-state index contributed by atoms with van der Waals surface area (Å²) in [6.45, 7) is 8.58. The summed E-state index contributed by atoms with van der Waals surface area (Å²) in [5, 5.41) is 18.9. The van der Waals surface area contributed by atoms with Crippen molar-refractivity contribution in [3.8, 4) is 0 Å². The Labute approximate surface area is 183 Å². The van der Waals surface area contributed by atoms with Crippen LogP contribution in [0.2, 0.25) is 0 Å². The van der Waals surface area contributed by atoms with E-state index in [9.17, 15) is 9.90 Å². The molecule has 3 heterocycles. The molecule has 0 spiro atoms. The lowest BCUT2D eigenvalue weighted by atomic mass is 9.81. The average Bonchev–Trinajstić information content (AvgIpc) is 3.54. The first-order chi connectivity index (χ1) is 14.6. The van der Waals surface area contributed by atoms with Crippen LogP contribution in [0.1, 0.15) is 53.4 Å². The van der Waals surface area contributed by atoms with Crippen molar-refractivity contribution in [2.45, 2.75) is 82.8 Å². The SMILES string of the molecule is CC1(C)OB(c2cnc(N(C3CC3)[C@@H]3CCCN(C(=O)[C@H](O)CO)C3)nc2)OC1(C)C. The van der Waals surface area contributed by atoms with Gasteiger partial charge in [0.2, 0.25) is 5.95 Å². The van der Waals surface area contributed by atoms with Gasteiger partial charge in [0.1, 0.15) is 0 Å². The maximum absolute atomic E-state index is 12.4. The molecular weight excluding hydrogens is 399 g/mol. The Morgan fingerprint density at radius 1 is 1.19 bits per heavy atom. The van der Waals surface area contributed by atoms with Gasteiger partial charge in [-0.05, 0) is 53.4 Å². The summed E-state index contributed by atoms with van der Waals surface area (Å²) in [4.78, 5) is 25.5. The first-order valence-electron chi connectivity index (χ1n) is 11.2. The maximum atomic E-state index is 12.4. The third kappa shape index (κ3) is 4.44. The minimum atomic E-state index is -1.36. The van der Waals surface area contributed by atoms with Crippen molar-refractivity contribution in [2.24, 2.45) is 0 Å². The van der Waals surface area contributed by atoms with Crippen LogP contribution in [0.4, 0.5) is 5.95 Å². The van der Waals surface area contributed by atoms with Crippen LogP contribution in [-0.2, 0) is 14.1 Å². The van der Waals surface area contributed by atoms with Gasteiger partial charge >= 0.3 is 7.12 Å². The molecule has 0 unspecified atom stereocenters. The second-order valence-corrected chi connectivity index (χ2v) is 9.82. The van der Waals surface area contributed by atoms with E-state index in [-0.39, 0.29) is 6.04 Å². The summed E-state index contributed by atoms with van der Waals surface area (Å²) >= 11 is 0. The van der Waals surface area contributed by atoms with Gasteiger partial charge in [-0.2, -0.15) is 0 Å². The zero-order chi connectivity index (χ0) is 22.4. The smallest absolute Gasteiger partial charge is 0.399 e. The van der Waals surface area contributed by atoms with Gasteiger partial charge in [0.25, 0.3) is 5.91 Å². The molecule has 9 nitrogen and oxygen atoms in total. The molecule has 10 heteroatoms. The number of piperidine rings is 1. The molecule has 1 saturated carbocycles. The van der Waals surface area contributed by atoms with Crippen LogP contribution in [0.3, 0.4) is 0 Å². The first kappa shape index (κ1) is 22.4. The summed E-state index contributed by atoms with van der Waals surface area (Å²) in [6, 6.07) is 0.448. The Kier molecular flexibility index (Phi) is 6.02. The third-order valence-electron chi connectivity index (χ3n) is 6.91. The predicted molar refractivity (Wildman–Crippen MR) is 116 cm³/mol. The molecular formula is C21H33BN4O5. The van der Waals surface area contributed by atoms with E-state index in [1.807, 2.05) is 27.7 Å². The molecule has 0 aromatic carbocycles. The topological polar surface area (TPSA) is 108 Å². The molecule has 1 amide bonds. The Morgan fingerprint density at radius 2 is 1.81 bits per heavy atom. The summed E-state index contributed by atoms with van der Waals surface area (Å²) in [6.07, 6.45) is 6.09. The lowest BCUT2D eigenvalue weighted by Crippen LogP contribution is -2.53. The van der Waals surface area contributed by atoms with Gasteiger partial charge in [-0.25, -0.2) is 9.97 Å². The summed E-state index contributed by atoms with van der Waals surface area (Å²) in [7, 11) is -0.504. The first-order valence-corrected chi connectivity index (χ1v) is 11.2. The summed E-state index contributed by atoms with van der Waals surface area (Å²) in [5.41, 5.74) is -0.0639. The third-order valence-corrected chi connectivity index (χ3v) is 6.91. The van der Waals surface area contributed by atoms with E-state index < -0.39 is 36.9 Å². The van der Waals surface area contributed by atoms with E-state index in [4.69, 9.17) is 14.4 Å². The Bertz CT molecular complexity index is 785. The van der Waals surface area contributed by atoms with Gasteiger partial charge in [0, 0.05) is 43.0 Å². The number of aliphatic hydroxyl groups is 2. The number of hydrogen-bond acceptors (Lipinski definition) is 8. The van der Waals surface area contributed by atoms with E-state index in [0.29, 0.717) is 25.1 Å². The van der Waals surface area contributed by atoms with Crippen molar-refractivity contribution in [2.75, 3.05) is 24.6 Å². The molecule has 0 radical (unpaired) electrons. The highest BCUT2D eigenvalue weighted by molar-refractivity contribution is 6.61. The Balaban J connectivity index is 1.49. The molecule has 3 fully saturated rings. The van der Waals surface area contributed by atoms with E-state index in [0.717, 1.165) is 31.1 Å². The normalized spacial score (nSPS) is 26.1. The molecule has 1 aromatic rings. The summed E-state index contributed by atoms with van der Waals surface area (Å²) < 4.78 is 12.2. The van der Waals surface area contributed by atoms with Gasteiger partial charge in [0.05, 0.1) is 17.8 Å². The minimum Gasteiger partial charge on any atom is -0.399 e. The number of aromatic nitrogens is 2. The molecule has 0 bridgehead atoms. The monoisotopic (exact) mass is 432 g/mol. The molecule has 1 aromatic heterocycles. The van der Waals surface area contributed by atoms with Crippen LogP contribution in [0.15, 0.2) is 12.4 Å². The fourth-order valence-corrected chi connectivity index (χ4v) is 4.21. The number of amides is 1. The zero-order valence-corrected chi connectivity index (χ0v) is 18.8. The van der Waals surface area contributed by atoms with E-state index in [1.54, 1.807) is 17.3 Å². The highest BCUT2D eigenvalue weighted by atomic mass is 16.7. The zero-order valence-electron chi connectivity index (χ0n) is 18.8. The number of carbonyl (C=O) groups is 1. The number of aliphatic hydroxyl groups excluding tert-OH is 2. The van der Waals surface area contributed by atoms with Gasteiger partial charge in [0.15, 0.2) is 6.10 Å². The Morgan fingerprint density at radius 3 is 2.35 bits per heavy atom. The van der Waals surface area contributed by atoms with Crippen molar-refractivity contribution in [3.63, 3.8) is 0 Å². The fourth-order valence-electron chi connectivity index (χ4n) is 4.21. The lowest BCUT2D eigenvalue weighted by Gasteiger charge is -2.40. The lowest BCUT2D eigenvalue weighted by molar-refractivity contribution is -0.143.